The molecular formula is C19H17BrN4O. The lowest BCUT2D eigenvalue weighted by molar-refractivity contribution is 0.0945. The average Bonchev–Trinajstić information content (AvgIpc) is 2.61. The number of rotatable bonds is 5. The van der Waals surface area contributed by atoms with E-state index in [2.05, 4.69) is 36.5 Å². The van der Waals surface area contributed by atoms with Crippen molar-refractivity contribution in [3.63, 3.8) is 0 Å². The van der Waals surface area contributed by atoms with Crippen molar-refractivity contribution in [2.24, 2.45) is 0 Å². The predicted molar refractivity (Wildman–Crippen MR) is 102 cm³/mol. The number of hydrogen-bond acceptors (Lipinski definition) is 4. The van der Waals surface area contributed by atoms with E-state index >= 15 is 0 Å². The van der Waals surface area contributed by atoms with Crippen LogP contribution in [0.1, 0.15) is 21.6 Å². The standard InChI is InChI=1S/C19H17BrN4O/c1-13-5-2-3-6-14(13)10-23-19(25)17-11-22-18(12-21-17)24-16-8-4-7-15(20)9-16/h2-9,11-12H,10H2,1H3,(H,22,24)(H,23,25). The minimum atomic E-state index is -0.246. The molecule has 0 saturated carbocycles. The van der Waals surface area contributed by atoms with Crippen LogP contribution >= 0.6 is 15.9 Å². The lowest BCUT2D eigenvalue weighted by atomic mass is 10.1. The van der Waals surface area contributed by atoms with Gasteiger partial charge in [0.1, 0.15) is 11.5 Å². The molecule has 25 heavy (non-hydrogen) atoms. The second-order valence-electron chi connectivity index (χ2n) is 5.53. The van der Waals surface area contributed by atoms with Gasteiger partial charge in [0.05, 0.1) is 12.4 Å². The maximum Gasteiger partial charge on any atom is 0.271 e. The lowest BCUT2D eigenvalue weighted by Gasteiger charge is -2.08. The summed E-state index contributed by atoms with van der Waals surface area (Å²) < 4.78 is 0.970. The van der Waals surface area contributed by atoms with Crippen LogP contribution in [-0.2, 0) is 6.54 Å². The van der Waals surface area contributed by atoms with Crippen LogP contribution in [0.3, 0.4) is 0 Å². The fraction of sp³-hybridized carbons (Fsp3) is 0.105. The number of amides is 1. The van der Waals surface area contributed by atoms with Gasteiger partial charge in [0, 0.05) is 16.7 Å². The third-order valence-corrected chi connectivity index (χ3v) is 4.18. The minimum absolute atomic E-state index is 0.246. The normalized spacial score (nSPS) is 10.3. The molecule has 0 atom stereocenters. The van der Waals surface area contributed by atoms with Crippen molar-refractivity contribution < 1.29 is 4.79 Å². The summed E-state index contributed by atoms with van der Waals surface area (Å²) in [6.07, 6.45) is 3.01. The summed E-state index contributed by atoms with van der Waals surface area (Å²) >= 11 is 3.42. The summed E-state index contributed by atoms with van der Waals surface area (Å²) in [5, 5.41) is 6.01. The van der Waals surface area contributed by atoms with Crippen molar-refractivity contribution >= 4 is 33.3 Å². The van der Waals surface area contributed by atoms with Crippen molar-refractivity contribution in [3.8, 4) is 0 Å². The first-order valence-corrected chi connectivity index (χ1v) is 8.58. The van der Waals surface area contributed by atoms with E-state index in [1.165, 1.54) is 6.20 Å². The highest BCUT2D eigenvalue weighted by molar-refractivity contribution is 9.10. The highest BCUT2D eigenvalue weighted by Crippen LogP contribution is 2.18. The van der Waals surface area contributed by atoms with E-state index in [-0.39, 0.29) is 11.6 Å². The molecule has 0 bridgehead atoms. The first-order valence-electron chi connectivity index (χ1n) is 7.79. The minimum Gasteiger partial charge on any atom is -0.347 e. The SMILES string of the molecule is Cc1ccccc1CNC(=O)c1cnc(Nc2cccc(Br)c2)cn1. The fourth-order valence-electron chi connectivity index (χ4n) is 2.30. The van der Waals surface area contributed by atoms with Crippen LogP contribution in [0.15, 0.2) is 65.4 Å². The van der Waals surface area contributed by atoms with Crippen molar-refractivity contribution in [3.05, 3.63) is 82.2 Å². The summed E-state index contributed by atoms with van der Waals surface area (Å²) in [7, 11) is 0. The number of anilines is 2. The Kier molecular flexibility index (Phi) is 5.40. The third kappa shape index (κ3) is 4.64. The molecule has 1 aromatic heterocycles. The summed E-state index contributed by atoms with van der Waals surface area (Å²) in [6.45, 7) is 2.48. The number of carbonyl (C=O) groups excluding carboxylic acids is 1. The first kappa shape index (κ1) is 17.1. The van der Waals surface area contributed by atoms with Gasteiger partial charge in [0.15, 0.2) is 0 Å². The number of aromatic nitrogens is 2. The Morgan fingerprint density at radius 2 is 1.92 bits per heavy atom. The quantitative estimate of drug-likeness (QED) is 0.677. The molecule has 0 aliphatic heterocycles. The van der Waals surface area contributed by atoms with E-state index in [0.717, 1.165) is 21.3 Å². The number of carbonyl (C=O) groups is 1. The number of nitrogens with one attached hydrogen (secondary N) is 2. The molecule has 3 rings (SSSR count). The van der Waals surface area contributed by atoms with Gasteiger partial charge in [-0.3, -0.25) is 4.79 Å². The second-order valence-corrected chi connectivity index (χ2v) is 6.45. The van der Waals surface area contributed by atoms with E-state index in [9.17, 15) is 4.79 Å². The molecule has 1 heterocycles. The van der Waals surface area contributed by atoms with Gasteiger partial charge in [-0.05, 0) is 36.2 Å². The van der Waals surface area contributed by atoms with Crippen LogP contribution in [0.25, 0.3) is 0 Å². The van der Waals surface area contributed by atoms with Gasteiger partial charge in [-0.2, -0.15) is 0 Å². The molecule has 0 aliphatic rings. The lowest BCUT2D eigenvalue weighted by Crippen LogP contribution is -2.24. The molecule has 5 nitrogen and oxygen atoms in total. The molecule has 3 aromatic rings. The zero-order valence-corrected chi connectivity index (χ0v) is 15.2. The smallest absolute Gasteiger partial charge is 0.271 e. The maximum atomic E-state index is 12.2. The first-order chi connectivity index (χ1) is 12.1. The van der Waals surface area contributed by atoms with Crippen molar-refractivity contribution in [1.82, 2.24) is 15.3 Å². The zero-order chi connectivity index (χ0) is 17.6. The van der Waals surface area contributed by atoms with Gasteiger partial charge >= 0.3 is 0 Å². The van der Waals surface area contributed by atoms with E-state index in [1.807, 2.05) is 55.5 Å². The highest BCUT2D eigenvalue weighted by Gasteiger charge is 2.08. The average molecular weight is 397 g/mol. The van der Waals surface area contributed by atoms with Crippen molar-refractivity contribution in [1.29, 1.82) is 0 Å². The molecule has 6 heteroatoms. The van der Waals surface area contributed by atoms with Gasteiger partial charge in [-0.25, -0.2) is 9.97 Å². The Bertz CT molecular complexity index is 881. The molecule has 0 fully saturated rings. The van der Waals surface area contributed by atoms with Crippen LogP contribution in [0.5, 0.6) is 0 Å². The van der Waals surface area contributed by atoms with Crippen LogP contribution in [0.2, 0.25) is 0 Å². The Morgan fingerprint density at radius 1 is 1.08 bits per heavy atom. The summed E-state index contributed by atoms with van der Waals surface area (Å²) in [5.41, 5.74) is 3.40. The second kappa shape index (κ2) is 7.90. The Labute approximate surface area is 154 Å². The molecule has 2 aromatic carbocycles. The molecule has 0 aliphatic carbocycles. The van der Waals surface area contributed by atoms with Gasteiger partial charge in [-0.15, -0.1) is 0 Å². The molecule has 126 valence electrons. The maximum absolute atomic E-state index is 12.2. The van der Waals surface area contributed by atoms with Crippen LogP contribution < -0.4 is 10.6 Å². The third-order valence-electron chi connectivity index (χ3n) is 3.68. The number of benzene rings is 2. The fourth-order valence-corrected chi connectivity index (χ4v) is 2.70. The van der Waals surface area contributed by atoms with Gasteiger partial charge in [0.25, 0.3) is 5.91 Å². The van der Waals surface area contributed by atoms with E-state index in [4.69, 9.17) is 0 Å². The zero-order valence-electron chi connectivity index (χ0n) is 13.7. The molecule has 0 unspecified atom stereocenters. The van der Waals surface area contributed by atoms with Crippen molar-refractivity contribution in [2.75, 3.05) is 5.32 Å². The Hall–Kier alpha value is -2.73. The number of aryl methyl sites for hydroxylation is 1. The molecule has 0 spiro atoms. The molecule has 2 N–H and O–H groups in total. The van der Waals surface area contributed by atoms with Crippen LogP contribution in [0.4, 0.5) is 11.5 Å². The number of hydrogen-bond donors (Lipinski definition) is 2. The summed E-state index contributed by atoms with van der Waals surface area (Å²) in [5.74, 6) is 0.332. The Morgan fingerprint density at radius 3 is 2.64 bits per heavy atom. The van der Waals surface area contributed by atoms with E-state index < -0.39 is 0 Å². The number of nitrogens with zero attached hydrogens (tertiary/aromatic N) is 2. The van der Waals surface area contributed by atoms with Crippen molar-refractivity contribution in [2.45, 2.75) is 13.5 Å². The van der Waals surface area contributed by atoms with Gasteiger partial charge in [-0.1, -0.05) is 46.3 Å². The molecule has 0 saturated heterocycles. The monoisotopic (exact) mass is 396 g/mol. The summed E-state index contributed by atoms with van der Waals surface area (Å²) in [4.78, 5) is 20.6. The highest BCUT2D eigenvalue weighted by atomic mass is 79.9. The van der Waals surface area contributed by atoms with Gasteiger partial charge < -0.3 is 10.6 Å². The summed E-state index contributed by atoms with van der Waals surface area (Å²) in [6, 6.07) is 15.7. The van der Waals surface area contributed by atoms with Crippen LogP contribution in [-0.4, -0.2) is 15.9 Å². The molecular weight excluding hydrogens is 380 g/mol. The topological polar surface area (TPSA) is 66.9 Å². The largest absolute Gasteiger partial charge is 0.347 e. The van der Waals surface area contributed by atoms with E-state index in [0.29, 0.717) is 12.4 Å². The van der Waals surface area contributed by atoms with Gasteiger partial charge in [0.2, 0.25) is 0 Å². The van der Waals surface area contributed by atoms with E-state index in [1.54, 1.807) is 6.20 Å². The van der Waals surface area contributed by atoms with Crippen LogP contribution in [0, 0.1) is 6.92 Å². The Balaban J connectivity index is 1.61. The molecule has 0 radical (unpaired) electrons. The number of halogens is 1. The predicted octanol–water partition coefficient (Wildman–Crippen LogP) is 4.22. The molecule has 1 amide bonds.